The van der Waals surface area contributed by atoms with Crippen molar-refractivity contribution in [3.05, 3.63) is 24.3 Å². The Kier molecular flexibility index (Phi) is 13.1. The van der Waals surface area contributed by atoms with E-state index < -0.39 is 52.4 Å². The van der Waals surface area contributed by atoms with Gasteiger partial charge in [0.2, 0.25) is 0 Å². The Labute approximate surface area is 178 Å². The summed E-state index contributed by atoms with van der Waals surface area (Å²) in [5.41, 5.74) is -1.23. The summed E-state index contributed by atoms with van der Waals surface area (Å²) in [6, 6.07) is 0. The Morgan fingerprint density at radius 1 is 1.00 bits per heavy atom. The van der Waals surface area contributed by atoms with E-state index in [0.29, 0.717) is 0 Å². The normalized spacial score (nSPS) is 11.0. The second-order valence-corrected chi connectivity index (χ2v) is 7.69. The average molecular weight is 414 g/mol. The van der Waals surface area contributed by atoms with E-state index in [-0.39, 0.29) is 50.9 Å². The first-order valence-corrected chi connectivity index (χ1v) is 9.73. The van der Waals surface area contributed by atoms with Crippen molar-refractivity contribution in [3.8, 4) is 0 Å². The minimum atomic E-state index is -4.17. The van der Waals surface area contributed by atoms with Crippen LogP contribution in [-0.2, 0) is 38.7 Å². The van der Waals surface area contributed by atoms with Gasteiger partial charge in [-0.15, -0.1) is 0 Å². The summed E-state index contributed by atoms with van der Waals surface area (Å²) in [4.78, 5) is 35.8. The molecule has 0 heterocycles. The van der Waals surface area contributed by atoms with E-state index >= 15 is 0 Å². The van der Waals surface area contributed by atoms with Gasteiger partial charge in [0.25, 0.3) is 10.1 Å². The number of esters is 3. The first kappa shape index (κ1) is 28.6. The smallest absolute Gasteiger partial charge is 1.00 e. The number of hydrogen-bond donors (Lipinski definition) is 1. The molecule has 0 aliphatic rings. The first-order chi connectivity index (χ1) is 12.3. The second-order valence-electron chi connectivity index (χ2n) is 6.12. The van der Waals surface area contributed by atoms with Crippen LogP contribution in [-0.4, -0.2) is 56.5 Å². The molecule has 0 aliphatic carbocycles. The van der Waals surface area contributed by atoms with Crippen LogP contribution in [0.3, 0.4) is 0 Å². The van der Waals surface area contributed by atoms with Crippen molar-refractivity contribution < 1.29 is 61.9 Å². The molecule has 0 aliphatic heterocycles. The molecule has 0 saturated carbocycles. The summed E-state index contributed by atoms with van der Waals surface area (Å²) in [5.74, 6) is -2.85. The van der Waals surface area contributed by atoms with E-state index in [1.54, 1.807) is 6.92 Å². The van der Waals surface area contributed by atoms with Crippen LogP contribution in [0.15, 0.2) is 24.3 Å². The molecule has 0 spiro atoms. The monoisotopic (exact) mass is 414 g/mol. The van der Waals surface area contributed by atoms with Crippen molar-refractivity contribution in [1.29, 1.82) is 0 Å². The van der Waals surface area contributed by atoms with Gasteiger partial charge in [0.15, 0.2) is 0 Å². The van der Waals surface area contributed by atoms with Gasteiger partial charge in [-0.3, -0.25) is 9.35 Å². The maximum Gasteiger partial charge on any atom is 1.00 e. The zero-order valence-corrected chi connectivity index (χ0v) is 17.6. The number of carbonyl (C=O) groups is 3. The fraction of sp³-hybridized carbons (Fsp3) is 0.588. The van der Waals surface area contributed by atoms with Crippen LogP contribution in [0.25, 0.3) is 0 Å². The Morgan fingerprint density at radius 3 is 1.75 bits per heavy atom. The molecule has 156 valence electrons. The molecule has 0 bridgehead atoms. The minimum absolute atomic E-state index is 0. The molecule has 0 amide bonds. The van der Waals surface area contributed by atoms with Gasteiger partial charge in [-0.25, -0.2) is 9.59 Å². The number of rotatable bonds is 12. The van der Waals surface area contributed by atoms with E-state index in [4.69, 9.17) is 18.8 Å². The molecule has 0 fully saturated rings. The van der Waals surface area contributed by atoms with Crippen molar-refractivity contribution in [1.82, 2.24) is 0 Å². The maximum absolute atomic E-state index is 12.5. The zero-order chi connectivity index (χ0) is 21.3. The molecule has 28 heavy (non-hydrogen) atoms. The molecule has 0 unspecified atom stereocenters. The second kappa shape index (κ2) is 12.8. The van der Waals surface area contributed by atoms with Gasteiger partial charge in [-0.05, 0) is 26.7 Å². The third-order valence-corrected chi connectivity index (χ3v) is 4.35. The van der Waals surface area contributed by atoms with Crippen LogP contribution >= 0.6 is 0 Å². The molecule has 0 aromatic rings. The standard InChI is InChI=1S/C17H26O9S.Li.H/c1-6-17(10-25-14(18)12(2)3,11-26-15(19)13(4)5)16(20)24-8-7-9-27(21,22)23;;/h2,4,6-11H2,1,3,5H3,(H,21,22,23);;/q;+1;-1. The first-order valence-electron chi connectivity index (χ1n) is 8.12. The van der Waals surface area contributed by atoms with Crippen LogP contribution in [0.4, 0.5) is 0 Å². The minimum Gasteiger partial charge on any atom is -1.00 e. The van der Waals surface area contributed by atoms with E-state index in [1.807, 2.05) is 0 Å². The van der Waals surface area contributed by atoms with E-state index in [0.717, 1.165) is 0 Å². The third kappa shape index (κ3) is 10.7. The Balaban J connectivity index is -0.00000338. The van der Waals surface area contributed by atoms with E-state index in [1.165, 1.54) is 13.8 Å². The molecule has 0 aromatic heterocycles. The fourth-order valence-electron chi connectivity index (χ4n) is 1.72. The molecule has 0 aromatic carbocycles. The van der Waals surface area contributed by atoms with E-state index in [9.17, 15) is 22.8 Å². The van der Waals surface area contributed by atoms with Crippen LogP contribution in [0, 0.1) is 5.41 Å². The third-order valence-electron chi connectivity index (χ3n) is 3.55. The van der Waals surface area contributed by atoms with Gasteiger partial charge in [-0.2, -0.15) is 8.42 Å². The number of ether oxygens (including phenoxy) is 3. The average Bonchev–Trinajstić information content (AvgIpc) is 2.57. The largest absolute Gasteiger partial charge is 1.00 e. The predicted molar refractivity (Wildman–Crippen MR) is 97.4 cm³/mol. The van der Waals surface area contributed by atoms with Crippen LogP contribution in [0.1, 0.15) is 35.0 Å². The summed E-state index contributed by atoms with van der Waals surface area (Å²) in [6.45, 7) is 10.2. The summed E-state index contributed by atoms with van der Waals surface area (Å²) >= 11 is 0. The van der Waals surface area contributed by atoms with Crippen molar-refractivity contribution in [2.45, 2.75) is 33.6 Å². The SMILES string of the molecule is C=C(C)C(=O)OCC(CC)(COC(=O)C(=C)C)C(=O)OCCCS(=O)(=O)O.[H-].[Li+]. The maximum atomic E-state index is 12.5. The molecule has 0 atom stereocenters. The van der Waals surface area contributed by atoms with Crippen molar-refractivity contribution in [2.24, 2.45) is 5.41 Å². The molecular formula is C17H27LiO9S. The van der Waals surface area contributed by atoms with Crippen molar-refractivity contribution in [3.63, 3.8) is 0 Å². The van der Waals surface area contributed by atoms with Crippen LogP contribution in [0.5, 0.6) is 0 Å². The predicted octanol–water partition coefficient (Wildman–Crippen LogP) is -1.44. The van der Waals surface area contributed by atoms with Crippen molar-refractivity contribution >= 4 is 28.0 Å². The number of hydrogen-bond acceptors (Lipinski definition) is 8. The van der Waals surface area contributed by atoms with Gasteiger partial charge >= 0.3 is 36.8 Å². The van der Waals surface area contributed by atoms with Gasteiger partial charge < -0.3 is 15.6 Å². The molecule has 9 nitrogen and oxygen atoms in total. The van der Waals surface area contributed by atoms with Crippen LogP contribution < -0.4 is 18.9 Å². The van der Waals surface area contributed by atoms with Crippen molar-refractivity contribution in [2.75, 3.05) is 25.6 Å². The summed E-state index contributed by atoms with van der Waals surface area (Å²) in [6.07, 6.45) is -0.0153. The summed E-state index contributed by atoms with van der Waals surface area (Å²) in [7, 11) is -4.17. The molecule has 0 saturated heterocycles. The zero-order valence-electron chi connectivity index (χ0n) is 17.8. The molecule has 1 N–H and O–H groups in total. The Bertz CT molecular complexity index is 674. The molecule has 0 rings (SSSR count). The number of carbonyl (C=O) groups excluding carboxylic acids is 3. The van der Waals surface area contributed by atoms with Gasteiger partial charge in [0.05, 0.1) is 12.4 Å². The fourth-order valence-corrected chi connectivity index (χ4v) is 2.20. The van der Waals surface area contributed by atoms with Crippen LogP contribution in [0.2, 0.25) is 0 Å². The van der Waals surface area contributed by atoms with Gasteiger partial charge in [0, 0.05) is 11.1 Å². The topological polar surface area (TPSA) is 133 Å². The van der Waals surface area contributed by atoms with Gasteiger partial charge in [0.1, 0.15) is 18.6 Å². The quantitative estimate of drug-likeness (QED) is 0.102. The Morgan fingerprint density at radius 2 is 1.43 bits per heavy atom. The molecule has 11 heteroatoms. The molecule has 0 radical (unpaired) electrons. The molecular weight excluding hydrogens is 387 g/mol. The van der Waals surface area contributed by atoms with E-state index in [2.05, 4.69) is 13.2 Å². The van der Waals surface area contributed by atoms with Gasteiger partial charge in [-0.1, -0.05) is 20.1 Å². The Hall–Kier alpha value is -1.60. The summed E-state index contributed by atoms with van der Waals surface area (Å²) in [5, 5.41) is 0. The summed E-state index contributed by atoms with van der Waals surface area (Å²) < 4.78 is 45.2.